The van der Waals surface area contributed by atoms with E-state index in [-0.39, 0.29) is 19.1 Å². The number of para-hydroxylation sites is 1. The summed E-state index contributed by atoms with van der Waals surface area (Å²) in [7, 11) is 0. The van der Waals surface area contributed by atoms with Gasteiger partial charge in [0.15, 0.2) is 5.82 Å². The number of nitrogens with zero attached hydrogens (tertiary/aromatic N) is 3. The number of anilines is 1. The molecule has 168 valence electrons. The van der Waals surface area contributed by atoms with Crippen LogP contribution in [0.2, 0.25) is 10.0 Å². The van der Waals surface area contributed by atoms with Crippen molar-refractivity contribution in [3.63, 3.8) is 0 Å². The average molecular weight is 499 g/mol. The van der Waals surface area contributed by atoms with Crippen molar-refractivity contribution in [2.45, 2.75) is 20.1 Å². The zero-order valence-corrected chi connectivity index (χ0v) is 20.0. The van der Waals surface area contributed by atoms with Gasteiger partial charge in [0, 0.05) is 11.4 Å². The highest BCUT2D eigenvalue weighted by molar-refractivity contribution is 7.71. The second kappa shape index (κ2) is 10.2. The summed E-state index contributed by atoms with van der Waals surface area (Å²) in [6, 6.07) is 22.2. The topological polar surface area (TPSA) is 61.1 Å². The molecule has 0 unspecified atom stereocenters. The van der Waals surface area contributed by atoms with E-state index in [0.29, 0.717) is 32.1 Å². The summed E-state index contributed by atoms with van der Waals surface area (Å²) in [6.45, 7) is 2.12. The molecule has 0 saturated carbocycles. The highest BCUT2D eigenvalue weighted by Gasteiger charge is 2.16. The zero-order valence-electron chi connectivity index (χ0n) is 17.7. The number of carbonyl (C=O) groups is 1. The molecule has 0 radical (unpaired) electrons. The van der Waals surface area contributed by atoms with Gasteiger partial charge in [0.25, 0.3) is 0 Å². The molecule has 9 heteroatoms. The number of halogens is 2. The Morgan fingerprint density at radius 2 is 1.76 bits per heavy atom. The summed E-state index contributed by atoms with van der Waals surface area (Å²) in [4.78, 5) is 12.7. The maximum absolute atomic E-state index is 12.7. The fraction of sp³-hybridized carbons (Fsp3) is 0.125. The van der Waals surface area contributed by atoms with Crippen LogP contribution in [0, 0.1) is 11.7 Å². The molecule has 33 heavy (non-hydrogen) atoms. The van der Waals surface area contributed by atoms with E-state index in [0.717, 1.165) is 11.3 Å². The third-order valence-electron chi connectivity index (χ3n) is 4.81. The van der Waals surface area contributed by atoms with E-state index >= 15 is 0 Å². The van der Waals surface area contributed by atoms with Crippen LogP contribution in [0.3, 0.4) is 0 Å². The fourth-order valence-electron chi connectivity index (χ4n) is 3.18. The lowest BCUT2D eigenvalue weighted by Crippen LogP contribution is -2.20. The number of amides is 1. The summed E-state index contributed by atoms with van der Waals surface area (Å²) < 4.78 is 9.57. The first-order valence-corrected chi connectivity index (χ1v) is 11.3. The summed E-state index contributed by atoms with van der Waals surface area (Å²) in [5.41, 5.74) is 2.50. The second-order valence-corrected chi connectivity index (χ2v) is 8.49. The molecule has 0 atom stereocenters. The number of aromatic nitrogens is 3. The van der Waals surface area contributed by atoms with E-state index in [1.165, 1.54) is 4.68 Å². The fourth-order valence-corrected chi connectivity index (χ4v) is 3.79. The molecule has 0 saturated heterocycles. The minimum Gasteiger partial charge on any atom is -0.486 e. The Bertz CT molecular complexity index is 1340. The molecule has 0 aliphatic carbocycles. The standard InChI is InChI=1S/C24H20Cl2N4O2S/c1-16-7-10-18(11-8-16)30-22(15-32-19-5-3-2-4-6-19)28-29(24(30)33)14-23(31)27-17-9-12-20(25)21(26)13-17/h2-13H,14-15H2,1H3,(H,27,31). The Kier molecular flexibility index (Phi) is 7.13. The lowest BCUT2D eigenvalue weighted by molar-refractivity contribution is -0.116. The van der Waals surface area contributed by atoms with Gasteiger partial charge in [-0.3, -0.25) is 9.36 Å². The van der Waals surface area contributed by atoms with Gasteiger partial charge in [-0.05, 0) is 61.6 Å². The third kappa shape index (κ3) is 5.63. The number of hydrogen-bond acceptors (Lipinski definition) is 4. The Balaban J connectivity index is 1.60. The Labute approximate surface area is 206 Å². The first-order valence-electron chi connectivity index (χ1n) is 10.1. The van der Waals surface area contributed by atoms with Crippen molar-refractivity contribution in [3.05, 3.63) is 99.0 Å². The van der Waals surface area contributed by atoms with Gasteiger partial charge >= 0.3 is 0 Å². The number of hydrogen-bond donors (Lipinski definition) is 1. The van der Waals surface area contributed by atoms with Gasteiger partial charge in [0.1, 0.15) is 18.9 Å². The predicted octanol–water partition coefficient (Wildman–Crippen LogP) is 6.24. The molecule has 0 fully saturated rings. The minimum absolute atomic E-state index is 0.0731. The van der Waals surface area contributed by atoms with Crippen LogP contribution in [0.15, 0.2) is 72.8 Å². The monoisotopic (exact) mass is 498 g/mol. The van der Waals surface area contributed by atoms with Crippen LogP contribution in [-0.4, -0.2) is 20.3 Å². The van der Waals surface area contributed by atoms with E-state index in [1.807, 2.05) is 66.1 Å². The summed E-state index contributed by atoms with van der Waals surface area (Å²) in [5.74, 6) is 0.995. The Morgan fingerprint density at radius 3 is 2.45 bits per heavy atom. The number of benzene rings is 3. The molecule has 1 amide bonds. The number of ether oxygens (including phenoxy) is 1. The van der Waals surface area contributed by atoms with Gasteiger partial charge in [-0.1, -0.05) is 59.1 Å². The highest BCUT2D eigenvalue weighted by Crippen LogP contribution is 2.25. The molecule has 3 aromatic carbocycles. The lowest BCUT2D eigenvalue weighted by Gasteiger charge is -2.09. The molecule has 4 rings (SSSR count). The summed E-state index contributed by atoms with van der Waals surface area (Å²) in [6.07, 6.45) is 0. The maximum Gasteiger partial charge on any atom is 0.246 e. The van der Waals surface area contributed by atoms with Crippen LogP contribution >= 0.6 is 35.4 Å². The van der Waals surface area contributed by atoms with Crippen LogP contribution in [0.25, 0.3) is 5.69 Å². The first kappa shape index (κ1) is 23.0. The summed E-state index contributed by atoms with van der Waals surface area (Å²) >= 11 is 17.6. The van der Waals surface area contributed by atoms with Crippen LogP contribution in [-0.2, 0) is 17.9 Å². The molecule has 0 spiro atoms. The van der Waals surface area contributed by atoms with Gasteiger partial charge < -0.3 is 10.1 Å². The quantitative estimate of drug-likeness (QED) is 0.306. The van der Waals surface area contributed by atoms with Crippen molar-refractivity contribution in [2.24, 2.45) is 0 Å². The van der Waals surface area contributed by atoms with Gasteiger partial charge in [-0.15, -0.1) is 0 Å². The lowest BCUT2D eigenvalue weighted by atomic mass is 10.2. The molecule has 1 aromatic heterocycles. The smallest absolute Gasteiger partial charge is 0.246 e. The zero-order chi connectivity index (χ0) is 23.4. The van der Waals surface area contributed by atoms with Crippen molar-refractivity contribution >= 4 is 47.0 Å². The number of carbonyl (C=O) groups excluding carboxylic acids is 1. The molecule has 0 aliphatic heterocycles. The van der Waals surface area contributed by atoms with Crippen LogP contribution in [0.5, 0.6) is 5.75 Å². The number of aryl methyl sites for hydroxylation is 1. The minimum atomic E-state index is -0.298. The van der Waals surface area contributed by atoms with Crippen molar-refractivity contribution in [1.29, 1.82) is 0 Å². The second-order valence-electron chi connectivity index (χ2n) is 7.31. The molecular weight excluding hydrogens is 479 g/mol. The van der Waals surface area contributed by atoms with Crippen LogP contribution < -0.4 is 10.1 Å². The van der Waals surface area contributed by atoms with E-state index in [1.54, 1.807) is 18.2 Å². The highest BCUT2D eigenvalue weighted by atomic mass is 35.5. The predicted molar refractivity (Wildman–Crippen MR) is 133 cm³/mol. The van der Waals surface area contributed by atoms with Gasteiger partial charge in [0.05, 0.1) is 10.0 Å². The molecular formula is C24H20Cl2N4O2S. The molecule has 0 bridgehead atoms. The Morgan fingerprint density at radius 1 is 1.03 bits per heavy atom. The third-order valence-corrected chi connectivity index (χ3v) is 5.94. The first-order chi connectivity index (χ1) is 15.9. The van der Waals surface area contributed by atoms with Crippen molar-refractivity contribution in [1.82, 2.24) is 14.3 Å². The number of rotatable bonds is 7. The van der Waals surface area contributed by atoms with Crippen molar-refractivity contribution < 1.29 is 9.53 Å². The van der Waals surface area contributed by atoms with E-state index in [2.05, 4.69) is 10.4 Å². The van der Waals surface area contributed by atoms with Crippen molar-refractivity contribution in [2.75, 3.05) is 5.32 Å². The van der Waals surface area contributed by atoms with Crippen LogP contribution in [0.1, 0.15) is 11.4 Å². The average Bonchev–Trinajstić information content (AvgIpc) is 3.11. The van der Waals surface area contributed by atoms with E-state index in [9.17, 15) is 4.79 Å². The molecule has 4 aromatic rings. The summed E-state index contributed by atoms with van der Waals surface area (Å²) in [5, 5.41) is 8.14. The molecule has 0 aliphatic rings. The normalized spacial score (nSPS) is 10.8. The largest absolute Gasteiger partial charge is 0.486 e. The number of nitrogens with one attached hydrogen (secondary N) is 1. The van der Waals surface area contributed by atoms with Gasteiger partial charge in [0.2, 0.25) is 10.7 Å². The molecule has 6 nitrogen and oxygen atoms in total. The maximum atomic E-state index is 12.7. The van der Waals surface area contributed by atoms with Gasteiger partial charge in [-0.25, -0.2) is 4.68 Å². The van der Waals surface area contributed by atoms with E-state index in [4.69, 9.17) is 40.2 Å². The Hall–Kier alpha value is -3.13. The van der Waals surface area contributed by atoms with Gasteiger partial charge in [-0.2, -0.15) is 5.10 Å². The van der Waals surface area contributed by atoms with Crippen molar-refractivity contribution in [3.8, 4) is 11.4 Å². The van der Waals surface area contributed by atoms with Crippen LogP contribution in [0.4, 0.5) is 5.69 Å². The molecule has 1 heterocycles. The van der Waals surface area contributed by atoms with E-state index < -0.39 is 0 Å². The SMILES string of the molecule is Cc1ccc(-n2c(COc3ccccc3)nn(CC(=O)Nc3ccc(Cl)c(Cl)c3)c2=S)cc1. The molecule has 1 N–H and O–H groups in total.